The molecule has 2 atom stereocenters. The molecule has 21 heavy (non-hydrogen) atoms. The third-order valence-corrected chi connectivity index (χ3v) is 6.27. The number of anilines is 1. The molecular weight excluding hydrogens is 308 g/mol. The second kappa shape index (κ2) is 5.53. The van der Waals surface area contributed by atoms with Crippen molar-refractivity contribution >= 4 is 32.5 Å². The average molecular weight is 326 g/mol. The molecule has 0 spiro atoms. The minimum absolute atomic E-state index is 0.111. The van der Waals surface area contributed by atoms with Crippen molar-refractivity contribution < 1.29 is 13.2 Å². The second-order valence-electron chi connectivity index (χ2n) is 5.10. The number of benzene rings is 1. The monoisotopic (exact) mass is 326 g/mol. The smallest absolute Gasteiger partial charge is 0.164 e. The molecule has 2 heterocycles. The molecule has 3 rings (SSSR count). The number of rotatable bonds is 3. The summed E-state index contributed by atoms with van der Waals surface area (Å²) in [5.41, 5.74) is 0.893. The molecule has 0 radical (unpaired) electrons. The molecule has 0 amide bonds. The summed E-state index contributed by atoms with van der Waals surface area (Å²) >= 11 is 1.64. The predicted molar refractivity (Wildman–Crippen MR) is 87.3 cm³/mol. The predicted octanol–water partition coefficient (Wildman–Crippen LogP) is 1.79. The van der Waals surface area contributed by atoms with Crippen LogP contribution in [-0.4, -0.2) is 50.0 Å². The number of hydrogen-bond donors (Lipinski definition) is 0. The van der Waals surface area contributed by atoms with Crippen LogP contribution < -0.4 is 9.64 Å². The minimum atomic E-state index is -3.00. The second-order valence-corrected chi connectivity index (χ2v) is 8.48. The van der Waals surface area contributed by atoms with E-state index in [2.05, 4.69) is 11.9 Å². The van der Waals surface area contributed by atoms with Crippen LogP contribution in [0.25, 0.3) is 0 Å². The van der Waals surface area contributed by atoms with E-state index in [0.29, 0.717) is 0 Å². The summed E-state index contributed by atoms with van der Waals surface area (Å²) in [4.78, 5) is 6.68. The fraction of sp³-hybridized carbons (Fsp3) is 0.500. The SMILES string of the molecule is CCSC1=N[C@@H]2CS(=O)(=O)C[C@H]2N1c1ccccc1OC. The van der Waals surface area contributed by atoms with E-state index in [4.69, 9.17) is 4.74 Å². The highest BCUT2D eigenvalue weighted by molar-refractivity contribution is 8.14. The molecule has 2 aliphatic rings. The zero-order valence-corrected chi connectivity index (χ0v) is 13.7. The van der Waals surface area contributed by atoms with Crippen molar-refractivity contribution in [3.05, 3.63) is 24.3 Å². The van der Waals surface area contributed by atoms with Gasteiger partial charge in [0, 0.05) is 0 Å². The molecule has 0 aliphatic carbocycles. The van der Waals surface area contributed by atoms with Gasteiger partial charge >= 0.3 is 0 Å². The van der Waals surface area contributed by atoms with Crippen molar-refractivity contribution in [2.45, 2.75) is 19.0 Å². The molecular formula is C14H18N2O3S2. The zero-order chi connectivity index (χ0) is 15.0. The molecule has 1 aromatic rings. The van der Waals surface area contributed by atoms with Crippen LogP contribution in [0.5, 0.6) is 5.75 Å². The maximum atomic E-state index is 11.9. The molecule has 1 aromatic carbocycles. The normalized spacial score (nSPS) is 26.6. The van der Waals surface area contributed by atoms with Crippen LogP contribution in [0.1, 0.15) is 6.92 Å². The zero-order valence-electron chi connectivity index (χ0n) is 12.0. The van der Waals surface area contributed by atoms with Crippen LogP contribution in [0, 0.1) is 0 Å². The Bertz CT molecular complexity index is 673. The average Bonchev–Trinajstić information content (AvgIpc) is 2.90. The van der Waals surface area contributed by atoms with Crippen molar-refractivity contribution in [2.75, 3.05) is 29.3 Å². The van der Waals surface area contributed by atoms with Gasteiger partial charge in [0.05, 0.1) is 36.4 Å². The molecule has 1 fully saturated rings. The van der Waals surface area contributed by atoms with Crippen LogP contribution in [0.2, 0.25) is 0 Å². The van der Waals surface area contributed by atoms with E-state index in [1.165, 1.54) is 0 Å². The highest BCUT2D eigenvalue weighted by Crippen LogP contribution is 2.39. The number of hydrogen-bond acceptors (Lipinski definition) is 6. The van der Waals surface area contributed by atoms with Gasteiger partial charge in [-0.05, 0) is 17.9 Å². The molecule has 2 aliphatic heterocycles. The van der Waals surface area contributed by atoms with E-state index in [1.807, 2.05) is 29.2 Å². The van der Waals surface area contributed by atoms with Crippen LogP contribution in [0.15, 0.2) is 29.3 Å². The van der Waals surface area contributed by atoms with Gasteiger partial charge in [0.25, 0.3) is 0 Å². The number of fused-ring (bicyclic) bond motifs is 1. The van der Waals surface area contributed by atoms with Gasteiger partial charge in [-0.2, -0.15) is 0 Å². The van der Waals surface area contributed by atoms with E-state index in [9.17, 15) is 8.42 Å². The Kier molecular flexibility index (Phi) is 3.88. The topological polar surface area (TPSA) is 59.0 Å². The Balaban J connectivity index is 2.03. The summed E-state index contributed by atoms with van der Waals surface area (Å²) < 4.78 is 29.2. The van der Waals surface area contributed by atoms with Gasteiger partial charge in [0.1, 0.15) is 5.75 Å². The van der Waals surface area contributed by atoms with E-state index in [0.717, 1.165) is 22.4 Å². The molecule has 1 saturated heterocycles. The van der Waals surface area contributed by atoms with Gasteiger partial charge < -0.3 is 9.64 Å². The third kappa shape index (κ3) is 2.64. The Labute approximate surface area is 129 Å². The highest BCUT2D eigenvalue weighted by atomic mass is 32.2. The minimum Gasteiger partial charge on any atom is -0.495 e. The quantitative estimate of drug-likeness (QED) is 0.847. The Hall–Kier alpha value is -1.21. The lowest BCUT2D eigenvalue weighted by Crippen LogP contribution is -2.39. The summed E-state index contributed by atoms with van der Waals surface area (Å²) in [5.74, 6) is 1.95. The summed E-state index contributed by atoms with van der Waals surface area (Å²) in [6.07, 6.45) is 0. The van der Waals surface area contributed by atoms with Gasteiger partial charge in [-0.3, -0.25) is 4.99 Å². The largest absolute Gasteiger partial charge is 0.495 e. The molecule has 0 unspecified atom stereocenters. The molecule has 0 aromatic heterocycles. The lowest BCUT2D eigenvalue weighted by Gasteiger charge is -2.27. The highest BCUT2D eigenvalue weighted by Gasteiger charge is 2.47. The van der Waals surface area contributed by atoms with Gasteiger partial charge in [0.15, 0.2) is 15.0 Å². The summed E-state index contributed by atoms with van der Waals surface area (Å²) in [6, 6.07) is 7.42. The standard InChI is InChI=1S/C14H18N2O3S2/c1-3-20-14-15-10-8-21(17,18)9-12(10)16(14)11-6-4-5-7-13(11)19-2/h4-7,10,12H,3,8-9H2,1-2H3/t10-,12-/m1/s1. The maximum absolute atomic E-state index is 11.9. The number of para-hydroxylation sites is 2. The van der Waals surface area contributed by atoms with Gasteiger partial charge in [-0.25, -0.2) is 8.42 Å². The lowest BCUT2D eigenvalue weighted by atomic mass is 10.1. The fourth-order valence-corrected chi connectivity index (χ4v) is 5.56. The van der Waals surface area contributed by atoms with Crippen LogP contribution >= 0.6 is 11.8 Å². The van der Waals surface area contributed by atoms with Crippen molar-refractivity contribution in [1.82, 2.24) is 0 Å². The van der Waals surface area contributed by atoms with Gasteiger partial charge in [-0.15, -0.1) is 0 Å². The van der Waals surface area contributed by atoms with E-state index in [-0.39, 0.29) is 23.6 Å². The van der Waals surface area contributed by atoms with Crippen LogP contribution in [0.3, 0.4) is 0 Å². The molecule has 0 bridgehead atoms. The van der Waals surface area contributed by atoms with Crippen molar-refractivity contribution in [3.8, 4) is 5.75 Å². The summed E-state index contributed by atoms with van der Waals surface area (Å²) in [7, 11) is -1.38. The van der Waals surface area contributed by atoms with E-state index in [1.54, 1.807) is 18.9 Å². The number of ether oxygens (including phenoxy) is 1. The number of sulfone groups is 1. The molecule has 5 nitrogen and oxygen atoms in total. The van der Waals surface area contributed by atoms with Crippen molar-refractivity contribution in [2.24, 2.45) is 4.99 Å². The Morgan fingerprint density at radius 1 is 1.38 bits per heavy atom. The van der Waals surface area contributed by atoms with Gasteiger partial charge in [-0.1, -0.05) is 30.8 Å². The summed E-state index contributed by atoms with van der Waals surface area (Å²) in [6.45, 7) is 2.07. The molecule has 114 valence electrons. The van der Waals surface area contributed by atoms with Crippen LogP contribution in [0.4, 0.5) is 5.69 Å². The first kappa shape index (κ1) is 14.7. The number of nitrogens with zero attached hydrogens (tertiary/aromatic N) is 2. The number of methoxy groups -OCH3 is 1. The van der Waals surface area contributed by atoms with Crippen molar-refractivity contribution in [3.63, 3.8) is 0 Å². The first-order chi connectivity index (χ1) is 10.1. The first-order valence-electron chi connectivity index (χ1n) is 6.89. The van der Waals surface area contributed by atoms with Crippen molar-refractivity contribution in [1.29, 1.82) is 0 Å². The van der Waals surface area contributed by atoms with E-state index >= 15 is 0 Å². The van der Waals surface area contributed by atoms with E-state index < -0.39 is 9.84 Å². The van der Waals surface area contributed by atoms with Crippen LogP contribution in [-0.2, 0) is 9.84 Å². The number of thioether (sulfide) groups is 1. The summed E-state index contributed by atoms with van der Waals surface area (Å²) in [5, 5.41) is 0.895. The Morgan fingerprint density at radius 3 is 2.86 bits per heavy atom. The third-order valence-electron chi connectivity index (χ3n) is 3.73. The van der Waals surface area contributed by atoms with Gasteiger partial charge in [0.2, 0.25) is 0 Å². The Morgan fingerprint density at radius 2 is 2.14 bits per heavy atom. The number of amidine groups is 1. The first-order valence-corrected chi connectivity index (χ1v) is 9.69. The maximum Gasteiger partial charge on any atom is 0.164 e. The molecule has 7 heteroatoms. The number of aliphatic imine (C=N–C) groups is 1. The lowest BCUT2D eigenvalue weighted by molar-refractivity contribution is 0.415. The molecule has 0 saturated carbocycles. The molecule has 0 N–H and O–H groups in total. The fourth-order valence-electron chi connectivity index (χ4n) is 2.87.